The summed E-state index contributed by atoms with van der Waals surface area (Å²) in [5.41, 5.74) is 3.50. The molecule has 0 spiro atoms. The number of hydrogen-bond acceptors (Lipinski definition) is 3. The highest BCUT2D eigenvalue weighted by molar-refractivity contribution is 6.05. The maximum atomic E-state index is 12.5. The van der Waals surface area contributed by atoms with Crippen LogP contribution in [0.5, 0.6) is 0 Å². The lowest BCUT2D eigenvalue weighted by atomic mass is 10.1. The Hall–Kier alpha value is -2.23. The van der Waals surface area contributed by atoms with Crippen LogP contribution in [0.25, 0.3) is 0 Å². The summed E-state index contributed by atoms with van der Waals surface area (Å²) >= 11 is 0. The van der Waals surface area contributed by atoms with Crippen molar-refractivity contribution >= 4 is 11.6 Å². The van der Waals surface area contributed by atoms with Crippen molar-refractivity contribution in [3.8, 4) is 0 Å². The van der Waals surface area contributed by atoms with E-state index in [9.17, 15) is 4.79 Å². The SMILES string of the molecule is CCN(C(=O)c1cnccn1)c1cc(C)ccc1C. The van der Waals surface area contributed by atoms with E-state index in [0.29, 0.717) is 12.2 Å². The van der Waals surface area contributed by atoms with E-state index >= 15 is 0 Å². The Kier molecular flexibility index (Phi) is 3.90. The molecule has 0 bridgehead atoms. The molecule has 1 aromatic heterocycles. The van der Waals surface area contributed by atoms with Crippen molar-refractivity contribution in [3.05, 3.63) is 53.6 Å². The van der Waals surface area contributed by atoms with Gasteiger partial charge in [-0.15, -0.1) is 0 Å². The summed E-state index contributed by atoms with van der Waals surface area (Å²) in [7, 11) is 0. The van der Waals surface area contributed by atoms with Gasteiger partial charge in [0.15, 0.2) is 0 Å². The van der Waals surface area contributed by atoms with Crippen molar-refractivity contribution < 1.29 is 4.79 Å². The predicted octanol–water partition coefficient (Wildman–Crippen LogP) is 2.76. The van der Waals surface area contributed by atoms with Crippen LogP contribution in [0, 0.1) is 13.8 Å². The van der Waals surface area contributed by atoms with Crippen molar-refractivity contribution in [1.82, 2.24) is 9.97 Å². The number of amides is 1. The second kappa shape index (κ2) is 5.61. The molecule has 4 nitrogen and oxygen atoms in total. The largest absolute Gasteiger partial charge is 0.307 e. The van der Waals surface area contributed by atoms with Gasteiger partial charge in [-0.05, 0) is 38.0 Å². The minimum atomic E-state index is -0.121. The Morgan fingerprint density at radius 1 is 1.26 bits per heavy atom. The quantitative estimate of drug-likeness (QED) is 0.847. The number of nitrogens with zero attached hydrogens (tertiary/aromatic N) is 3. The summed E-state index contributed by atoms with van der Waals surface area (Å²) < 4.78 is 0. The zero-order chi connectivity index (χ0) is 13.8. The monoisotopic (exact) mass is 255 g/mol. The van der Waals surface area contributed by atoms with Crippen LogP contribution < -0.4 is 4.90 Å². The molecule has 0 N–H and O–H groups in total. The molecule has 1 heterocycles. The maximum absolute atomic E-state index is 12.5. The Morgan fingerprint density at radius 2 is 2.05 bits per heavy atom. The van der Waals surface area contributed by atoms with Crippen LogP contribution >= 0.6 is 0 Å². The van der Waals surface area contributed by atoms with Crippen LogP contribution in [0.3, 0.4) is 0 Å². The van der Waals surface area contributed by atoms with Gasteiger partial charge >= 0.3 is 0 Å². The summed E-state index contributed by atoms with van der Waals surface area (Å²) in [6.45, 7) is 6.57. The smallest absolute Gasteiger partial charge is 0.278 e. The number of hydrogen-bond donors (Lipinski definition) is 0. The number of benzene rings is 1. The van der Waals surface area contributed by atoms with Gasteiger partial charge in [0.25, 0.3) is 5.91 Å². The van der Waals surface area contributed by atoms with Crippen molar-refractivity contribution in [3.63, 3.8) is 0 Å². The highest BCUT2D eigenvalue weighted by Crippen LogP contribution is 2.22. The highest BCUT2D eigenvalue weighted by Gasteiger charge is 2.18. The minimum absolute atomic E-state index is 0.121. The van der Waals surface area contributed by atoms with E-state index in [1.54, 1.807) is 11.1 Å². The molecule has 0 aliphatic rings. The van der Waals surface area contributed by atoms with Gasteiger partial charge < -0.3 is 4.90 Å². The van der Waals surface area contributed by atoms with Crippen molar-refractivity contribution in [1.29, 1.82) is 0 Å². The van der Waals surface area contributed by atoms with Crippen LogP contribution in [-0.4, -0.2) is 22.4 Å². The first-order valence-electron chi connectivity index (χ1n) is 6.28. The molecule has 2 aromatic rings. The molecule has 98 valence electrons. The molecule has 0 saturated heterocycles. The third-order valence-corrected chi connectivity index (χ3v) is 3.00. The molecule has 0 radical (unpaired) electrons. The molecule has 0 aliphatic carbocycles. The first kappa shape index (κ1) is 13.2. The molecule has 1 amide bonds. The molecular formula is C15H17N3O. The van der Waals surface area contributed by atoms with Gasteiger partial charge in [0.2, 0.25) is 0 Å². The molecule has 1 aromatic carbocycles. The number of rotatable bonds is 3. The van der Waals surface area contributed by atoms with Crippen LogP contribution in [0.15, 0.2) is 36.8 Å². The molecular weight excluding hydrogens is 238 g/mol. The van der Waals surface area contributed by atoms with E-state index in [-0.39, 0.29) is 5.91 Å². The standard InChI is InChI=1S/C15H17N3O/c1-4-18(14-9-11(2)5-6-12(14)3)15(19)13-10-16-7-8-17-13/h5-10H,4H2,1-3H3. The van der Waals surface area contributed by atoms with E-state index in [1.807, 2.05) is 39.0 Å². The zero-order valence-corrected chi connectivity index (χ0v) is 11.4. The first-order chi connectivity index (χ1) is 9.13. The molecule has 19 heavy (non-hydrogen) atoms. The lowest BCUT2D eigenvalue weighted by Crippen LogP contribution is -2.32. The number of aromatic nitrogens is 2. The number of carbonyl (C=O) groups excluding carboxylic acids is 1. The average molecular weight is 255 g/mol. The molecule has 0 unspecified atom stereocenters. The number of anilines is 1. The highest BCUT2D eigenvalue weighted by atomic mass is 16.2. The normalized spacial score (nSPS) is 10.3. The molecule has 2 rings (SSSR count). The van der Waals surface area contributed by atoms with E-state index in [2.05, 4.69) is 9.97 Å². The summed E-state index contributed by atoms with van der Waals surface area (Å²) in [5.74, 6) is -0.121. The fourth-order valence-electron chi connectivity index (χ4n) is 1.98. The summed E-state index contributed by atoms with van der Waals surface area (Å²) in [5, 5.41) is 0. The summed E-state index contributed by atoms with van der Waals surface area (Å²) in [6.07, 6.45) is 4.59. The van der Waals surface area contributed by atoms with Gasteiger partial charge in [-0.25, -0.2) is 4.98 Å². The predicted molar refractivity (Wildman–Crippen MR) is 75.3 cm³/mol. The van der Waals surface area contributed by atoms with E-state index in [4.69, 9.17) is 0 Å². The third-order valence-electron chi connectivity index (χ3n) is 3.00. The molecule has 0 saturated carbocycles. The Labute approximate surface area is 113 Å². The van der Waals surface area contributed by atoms with E-state index in [0.717, 1.165) is 16.8 Å². The van der Waals surface area contributed by atoms with E-state index in [1.165, 1.54) is 12.4 Å². The molecule has 0 aliphatic heterocycles. The van der Waals surface area contributed by atoms with Crippen LogP contribution in [0.1, 0.15) is 28.5 Å². The van der Waals surface area contributed by atoms with Gasteiger partial charge in [-0.3, -0.25) is 9.78 Å². The Balaban J connectivity index is 2.40. The molecule has 0 atom stereocenters. The van der Waals surface area contributed by atoms with Gasteiger partial charge in [0, 0.05) is 24.6 Å². The summed E-state index contributed by atoms with van der Waals surface area (Å²) in [6, 6.07) is 6.09. The first-order valence-corrected chi connectivity index (χ1v) is 6.28. The van der Waals surface area contributed by atoms with Crippen molar-refractivity contribution in [2.75, 3.05) is 11.4 Å². The second-order valence-electron chi connectivity index (χ2n) is 4.43. The van der Waals surface area contributed by atoms with Gasteiger partial charge in [0.1, 0.15) is 5.69 Å². The van der Waals surface area contributed by atoms with Gasteiger partial charge in [-0.1, -0.05) is 12.1 Å². The van der Waals surface area contributed by atoms with Crippen LogP contribution in [-0.2, 0) is 0 Å². The maximum Gasteiger partial charge on any atom is 0.278 e. The van der Waals surface area contributed by atoms with Gasteiger partial charge in [0.05, 0.1) is 6.20 Å². The minimum Gasteiger partial charge on any atom is -0.307 e. The summed E-state index contributed by atoms with van der Waals surface area (Å²) in [4.78, 5) is 22.2. The molecule has 4 heteroatoms. The number of carbonyl (C=O) groups is 1. The van der Waals surface area contributed by atoms with Gasteiger partial charge in [-0.2, -0.15) is 0 Å². The Bertz CT molecular complexity index is 581. The topological polar surface area (TPSA) is 46.1 Å². The number of aryl methyl sites for hydroxylation is 2. The van der Waals surface area contributed by atoms with Crippen molar-refractivity contribution in [2.45, 2.75) is 20.8 Å². The van der Waals surface area contributed by atoms with E-state index < -0.39 is 0 Å². The van der Waals surface area contributed by atoms with Crippen molar-refractivity contribution in [2.24, 2.45) is 0 Å². The van der Waals surface area contributed by atoms with Crippen LogP contribution in [0.2, 0.25) is 0 Å². The fourth-order valence-corrected chi connectivity index (χ4v) is 1.98. The lowest BCUT2D eigenvalue weighted by molar-refractivity contribution is 0.0983. The molecule has 0 fully saturated rings. The second-order valence-corrected chi connectivity index (χ2v) is 4.43. The lowest BCUT2D eigenvalue weighted by Gasteiger charge is -2.23. The zero-order valence-electron chi connectivity index (χ0n) is 11.4. The Morgan fingerprint density at radius 3 is 2.68 bits per heavy atom. The third kappa shape index (κ3) is 2.78. The fraction of sp³-hybridized carbons (Fsp3) is 0.267. The van der Waals surface area contributed by atoms with Crippen LogP contribution in [0.4, 0.5) is 5.69 Å². The average Bonchev–Trinajstić information content (AvgIpc) is 2.44.